The van der Waals surface area contributed by atoms with Crippen molar-refractivity contribution in [1.82, 2.24) is 0 Å². The zero-order chi connectivity index (χ0) is 12.7. The van der Waals surface area contributed by atoms with Gasteiger partial charge in [0.15, 0.2) is 11.4 Å². The maximum absolute atomic E-state index is 13.5. The zero-order valence-corrected chi connectivity index (χ0v) is 11.6. The van der Waals surface area contributed by atoms with Crippen LogP contribution in [-0.2, 0) is 0 Å². The third kappa shape index (κ3) is 1.88. The van der Waals surface area contributed by atoms with Gasteiger partial charge in [-0.25, -0.2) is 4.39 Å². The first-order valence-corrected chi connectivity index (χ1v) is 7.00. The van der Waals surface area contributed by atoms with Gasteiger partial charge in [0.25, 0.3) is 0 Å². The highest BCUT2D eigenvalue weighted by Gasteiger charge is 2.18. The third-order valence-electron chi connectivity index (χ3n) is 2.75. The normalized spacial score (nSPS) is 13.1. The van der Waals surface area contributed by atoms with E-state index in [1.165, 1.54) is 6.07 Å². The van der Waals surface area contributed by atoms with Gasteiger partial charge < -0.3 is 10.2 Å². The van der Waals surface area contributed by atoms with Crippen LogP contribution in [0.5, 0.6) is 0 Å². The fraction of sp³-hybridized carbons (Fsp3) is 0.0769. The largest absolute Gasteiger partial charge is 0.456 e. The summed E-state index contributed by atoms with van der Waals surface area (Å²) in [7, 11) is 0. The first-order chi connectivity index (χ1) is 8.66. The molecule has 0 fully saturated rings. The summed E-state index contributed by atoms with van der Waals surface area (Å²) < 4.78 is 20.0. The summed E-state index contributed by atoms with van der Waals surface area (Å²) in [6.45, 7) is 0. The van der Waals surface area contributed by atoms with Crippen LogP contribution in [0, 0.1) is 5.82 Å². The number of hydrogen-bond donors (Lipinski definition) is 1. The summed E-state index contributed by atoms with van der Waals surface area (Å²) in [6, 6.07) is 8.18. The van der Waals surface area contributed by atoms with Gasteiger partial charge in [-0.15, -0.1) is 11.3 Å². The molecule has 0 aliphatic heterocycles. The first-order valence-electron chi connectivity index (χ1n) is 5.33. The van der Waals surface area contributed by atoms with Crippen molar-refractivity contribution in [2.75, 3.05) is 0 Å². The number of rotatable bonds is 2. The van der Waals surface area contributed by atoms with E-state index < -0.39 is 0 Å². The van der Waals surface area contributed by atoms with Crippen LogP contribution in [0.3, 0.4) is 0 Å². The van der Waals surface area contributed by atoms with E-state index in [1.807, 2.05) is 17.5 Å². The predicted octanol–water partition coefficient (Wildman–Crippen LogP) is 4.44. The second kappa shape index (κ2) is 4.50. The molecular weight excluding hydrogens is 317 g/mol. The quantitative estimate of drug-likeness (QED) is 0.756. The Morgan fingerprint density at radius 2 is 2.17 bits per heavy atom. The van der Waals surface area contributed by atoms with Crippen molar-refractivity contribution in [3.05, 3.63) is 56.6 Å². The smallest absolute Gasteiger partial charge is 0.169 e. The monoisotopic (exact) mass is 325 g/mol. The molecule has 3 rings (SSSR count). The van der Waals surface area contributed by atoms with Gasteiger partial charge in [-0.1, -0.05) is 12.1 Å². The molecular formula is C13H9BrFNOS. The fourth-order valence-electron chi connectivity index (χ4n) is 1.86. The Labute approximate surface area is 115 Å². The molecule has 2 nitrogen and oxygen atoms in total. The third-order valence-corrected chi connectivity index (χ3v) is 4.70. The second-order valence-corrected chi connectivity index (χ2v) is 5.72. The van der Waals surface area contributed by atoms with Gasteiger partial charge in [0, 0.05) is 14.7 Å². The number of hydrogen-bond acceptors (Lipinski definition) is 3. The van der Waals surface area contributed by atoms with E-state index in [1.54, 1.807) is 23.5 Å². The SMILES string of the molecule is NC(c1cc2cccc(F)c2o1)c1sccc1Br. The molecule has 2 aromatic heterocycles. The second-order valence-electron chi connectivity index (χ2n) is 3.92. The molecule has 0 bridgehead atoms. The summed E-state index contributed by atoms with van der Waals surface area (Å²) in [5.74, 6) is 0.203. The van der Waals surface area contributed by atoms with Crippen LogP contribution >= 0.6 is 27.3 Å². The van der Waals surface area contributed by atoms with Crippen molar-refractivity contribution in [3.63, 3.8) is 0 Å². The Morgan fingerprint density at radius 3 is 2.83 bits per heavy atom. The maximum Gasteiger partial charge on any atom is 0.169 e. The summed E-state index contributed by atoms with van der Waals surface area (Å²) >= 11 is 4.98. The van der Waals surface area contributed by atoms with E-state index >= 15 is 0 Å². The topological polar surface area (TPSA) is 39.2 Å². The number of halogens is 2. The number of para-hydroxylation sites is 1. The molecule has 0 radical (unpaired) electrons. The van der Waals surface area contributed by atoms with Gasteiger partial charge >= 0.3 is 0 Å². The maximum atomic E-state index is 13.5. The van der Waals surface area contributed by atoms with E-state index in [-0.39, 0.29) is 17.4 Å². The minimum Gasteiger partial charge on any atom is -0.456 e. The Bertz CT molecular complexity index is 706. The fourth-order valence-corrected chi connectivity index (χ4v) is 3.49. The average Bonchev–Trinajstić information content (AvgIpc) is 2.95. The molecule has 92 valence electrons. The molecule has 0 aliphatic rings. The van der Waals surface area contributed by atoms with E-state index in [9.17, 15) is 4.39 Å². The summed E-state index contributed by atoms with van der Waals surface area (Å²) in [4.78, 5) is 0.967. The average molecular weight is 326 g/mol. The van der Waals surface area contributed by atoms with Crippen molar-refractivity contribution < 1.29 is 8.81 Å². The Morgan fingerprint density at radius 1 is 1.33 bits per heavy atom. The zero-order valence-electron chi connectivity index (χ0n) is 9.19. The molecule has 2 N–H and O–H groups in total. The Kier molecular flexibility index (Phi) is 2.97. The van der Waals surface area contributed by atoms with Gasteiger partial charge in [-0.3, -0.25) is 0 Å². The molecule has 0 saturated carbocycles. The lowest BCUT2D eigenvalue weighted by molar-refractivity contribution is 0.504. The lowest BCUT2D eigenvalue weighted by atomic mass is 10.2. The van der Waals surface area contributed by atoms with Crippen LogP contribution in [0.1, 0.15) is 16.7 Å². The lowest BCUT2D eigenvalue weighted by Gasteiger charge is -2.06. The van der Waals surface area contributed by atoms with E-state index in [2.05, 4.69) is 15.9 Å². The molecule has 0 aliphatic carbocycles. The molecule has 0 amide bonds. The van der Waals surface area contributed by atoms with Crippen LogP contribution < -0.4 is 5.73 Å². The Balaban J connectivity index is 2.10. The number of thiophene rings is 1. The first kappa shape index (κ1) is 11.9. The van der Waals surface area contributed by atoms with E-state index in [4.69, 9.17) is 10.2 Å². The lowest BCUT2D eigenvalue weighted by Crippen LogP contribution is -2.09. The van der Waals surface area contributed by atoms with Crippen molar-refractivity contribution in [1.29, 1.82) is 0 Å². The van der Waals surface area contributed by atoms with Gasteiger partial charge in [0.05, 0.1) is 6.04 Å². The molecule has 0 spiro atoms. The number of fused-ring (bicyclic) bond motifs is 1. The van der Waals surface area contributed by atoms with Gasteiger partial charge in [0.1, 0.15) is 5.76 Å². The van der Waals surface area contributed by atoms with E-state index in [0.29, 0.717) is 5.76 Å². The van der Waals surface area contributed by atoms with Crippen LogP contribution in [-0.4, -0.2) is 0 Å². The number of benzene rings is 1. The minimum atomic E-state index is -0.383. The highest BCUT2D eigenvalue weighted by atomic mass is 79.9. The van der Waals surface area contributed by atoms with E-state index in [0.717, 1.165) is 14.7 Å². The standard InChI is InChI=1S/C13H9BrFNOS/c14-8-4-5-18-13(8)11(16)10-6-7-2-1-3-9(15)12(7)17-10/h1-6,11H,16H2. The number of furan rings is 1. The highest BCUT2D eigenvalue weighted by Crippen LogP contribution is 2.34. The molecule has 1 atom stereocenters. The van der Waals surface area contributed by atoms with Crippen molar-refractivity contribution in [3.8, 4) is 0 Å². The predicted molar refractivity (Wildman–Crippen MR) is 74.2 cm³/mol. The van der Waals surface area contributed by atoms with Crippen LogP contribution in [0.2, 0.25) is 0 Å². The van der Waals surface area contributed by atoms with Gasteiger partial charge in [0.2, 0.25) is 0 Å². The highest BCUT2D eigenvalue weighted by molar-refractivity contribution is 9.10. The van der Waals surface area contributed by atoms with Crippen molar-refractivity contribution >= 4 is 38.2 Å². The van der Waals surface area contributed by atoms with Crippen molar-refractivity contribution in [2.24, 2.45) is 5.73 Å². The minimum absolute atomic E-state index is 0.260. The molecule has 3 aromatic rings. The van der Waals surface area contributed by atoms with Crippen LogP contribution in [0.15, 0.2) is 44.6 Å². The molecule has 1 unspecified atom stereocenters. The molecule has 1 aromatic carbocycles. The molecule has 0 saturated heterocycles. The number of nitrogens with two attached hydrogens (primary N) is 1. The van der Waals surface area contributed by atoms with Crippen molar-refractivity contribution in [2.45, 2.75) is 6.04 Å². The Hall–Kier alpha value is -1.17. The summed E-state index contributed by atoms with van der Waals surface area (Å²) in [5.41, 5.74) is 6.40. The van der Waals surface area contributed by atoms with Gasteiger partial charge in [-0.05, 0) is 39.5 Å². The molecule has 5 heteroatoms. The molecule has 18 heavy (non-hydrogen) atoms. The van der Waals surface area contributed by atoms with Gasteiger partial charge in [-0.2, -0.15) is 0 Å². The van der Waals surface area contributed by atoms with Crippen LogP contribution in [0.4, 0.5) is 4.39 Å². The molecule has 2 heterocycles. The summed E-state index contributed by atoms with van der Waals surface area (Å²) in [5, 5.41) is 2.68. The van der Waals surface area contributed by atoms with Crippen LogP contribution in [0.25, 0.3) is 11.0 Å². The summed E-state index contributed by atoms with van der Waals surface area (Å²) in [6.07, 6.45) is 0.